The van der Waals surface area contributed by atoms with Crippen LogP contribution in [0.15, 0.2) is 4.52 Å². The van der Waals surface area contributed by atoms with E-state index in [1.807, 2.05) is 6.92 Å². The van der Waals surface area contributed by atoms with Crippen LogP contribution in [0.25, 0.3) is 0 Å². The van der Waals surface area contributed by atoms with E-state index in [2.05, 4.69) is 15.5 Å². The zero-order valence-electron chi connectivity index (χ0n) is 13.5. The first kappa shape index (κ1) is 18.1. The predicted octanol–water partition coefficient (Wildman–Crippen LogP) is 1.96. The zero-order valence-corrected chi connectivity index (χ0v) is 13.5. The molecule has 1 aromatic rings. The van der Waals surface area contributed by atoms with Gasteiger partial charge in [0, 0.05) is 25.8 Å². The molecule has 0 fully saturated rings. The summed E-state index contributed by atoms with van der Waals surface area (Å²) in [6, 6.07) is 0. The highest BCUT2D eigenvalue weighted by atomic mass is 16.5. The van der Waals surface area contributed by atoms with E-state index >= 15 is 0 Å². The van der Waals surface area contributed by atoms with E-state index in [0.717, 1.165) is 12.8 Å². The van der Waals surface area contributed by atoms with Gasteiger partial charge in [-0.25, -0.2) is 0 Å². The Labute approximate surface area is 130 Å². The summed E-state index contributed by atoms with van der Waals surface area (Å²) in [7, 11) is 0. The fraction of sp³-hybridized carbons (Fsp3) is 0.733. The Morgan fingerprint density at radius 2 is 2.05 bits per heavy atom. The number of nitrogens with zero attached hydrogens (tertiary/aromatic N) is 2. The predicted molar refractivity (Wildman–Crippen MR) is 80.3 cm³/mol. The molecule has 1 heterocycles. The van der Waals surface area contributed by atoms with Crippen molar-refractivity contribution in [3.8, 4) is 0 Å². The number of aliphatic carboxylic acids is 1. The van der Waals surface area contributed by atoms with Crippen LogP contribution >= 0.6 is 0 Å². The summed E-state index contributed by atoms with van der Waals surface area (Å²) >= 11 is 0. The van der Waals surface area contributed by atoms with Crippen LogP contribution in [0.5, 0.6) is 0 Å². The van der Waals surface area contributed by atoms with Gasteiger partial charge in [0.1, 0.15) is 0 Å². The Kier molecular flexibility index (Phi) is 7.01. The number of amides is 1. The monoisotopic (exact) mass is 311 g/mol. The Balaban J connectivity index is 2.19. The van der Waals surface area contributed by atoms with Crippen molar-refractivity contribution in [2.24, 2.45) is 5.41 Å². The Morgan fingerprint density at radius 1 is 1.32 bits per heavy atom. The maximum atomic E-state index is 11.7. The summed E-state index contributed by atoms with van der Waals surface area (Å²) in [6.45, 7) is 5.70. The smallest absolute Gasteiger partial charge is 0.309 e. The van der Waals surface area contributed by atoms with Crippen molar-refractivity contribution in [3.05, 3.63) is 11.7 Å². The van der Waals surface area contributed by atoms with E-state index in [4.69, 9.17) is 9.63 Å². The molecule has 0 unspecified atom stereocenters. The Hall–Kier alpha value is -1.92. The maximum Gasteiger partial charge on any atom is 0.309 e. The second-order valence-electron chi connectivity index (χ2n) is 6.00. The third kappa shape index (κ3) is 6.24. The number of hydrogen-bond donors (Lipinski definition) is 2. The summed E-state index contributed by atoms with van der Waals surface area (Å²) in [5.74, 6) is 0.316. The highest BCUT2D eigenvalue weighted by molar-refractivity contribution is 5.76. The highest BCUT2D eigenvalue weighted by Crippen LogP contribution is 2.19. The lowest BCUT2D eigenvalue weighted by molar-refractivity contribution is -0.147. The summed E-state index contributed by atoms with van der Waals surface area (Å²) in [5, 5.41) is 15.6. The molecule has 0 radical (unpaired) electrons. The van der Waals surface area contributed by atoms with E-state index in [9.17, 15) is 9.59 Å². The van der Waals surface area contributed by atoms with Crippen LogP contribution in [-0.2, 0) is 22.4 Å². The largest absolute Gasteiger partial charge is 0.481 e. The van der Waals surface area contributed by atoms with Crippen molar-refractivity contribution < 1.29 is 19.2 Å². The van der Waals surface area contributed by atoms with Crippen molar-refractivity contribution in [2.45, 2.75) is 59.3 Å². The van der Waals surface area contributed by atoms with E-state index < -0.39 is 11.4 Å². The zero-order chi connectivity index (χ0) is 16.6. The van der Waals surface area contributed by atoms with E-state index in [0.29, 0.717) is 43.9 Å². The van der Waals surface area contributed by atoms with Crippen LogP contribution in [0.1, 0.15) is 58.2 Å². The molecule has 0 aromatic carbocycles. The average Bonchev–Trinajstić information content (AvgIpc) is 2.86. The van der Waals surface area contributed by atoms with Gasteiger partial charge in [-0.2, -0.15) is 4.98 Å². The van der Waals surface area contributed by atoms with Gasteiger partial charge in [0.25, 0.3) is 0 Å². The summed E-state index contributed by atoms with van der Waals surface area (Å²) < 4.78 is 5.09. The molecule has 0 saturated heterocycles. The van der Waals surface area contributed by atoms with Crippen molar-refractivity contribution in [1.29, 1.82) is 0 Å². The van der Waals surface area contributed by atoms with Crippen LogP contribution in [0, 0.1) is 5.41 Å². The Bertz CT molecular complexity index is 497. The van der Waals surface area contributed by atoms with E-state index in [1.54, 1.807) is 13.8 Å². The van der Waals surface area contributed by atoms with Gasteiger partial charge in [-0.15, -0.1) is 0 Å². The minimum absolute atomic E-state index is 0.0884. The number of carbonyl (C=O) groups excluding carboxylic acids is 1. The number of hydrogen-bond acceptors (Lipinski definition) is 5. The summed E-state index contributed by atoms with van der Waals surface area (Å²) in [5.41, 5.74) is -0.827. The van der Waals surface area contributed by atoms with Crippen LogP contribution in [0.3, 0.4) is 0 Å². The first-order valence-electron chi connectivity index (χ1n) is 7.66. The van der Waals surface area contributed by atoms with Gasteiger partial charge in [0.2, 0.25) is 11.8 Å². The van der Waals surface area contributed by atoms with Gasteiger partial charge >= 0.3 is 5.97 Å². The second-order valence-corrected chi connectivity index (χ2v) is 6.00. The third-order valence-corrected chi connectivity index (χ3v) is 3.43. The summed E-state index contributed by atoms with van der Waals surface area (Å²) in [6.07, 6.45) is 3.72. The maximum absolute atomic E-state index is 11.7. The minimum Gasteiger partial charge on any atom is -0.481 e. The third-order valence-electron chi connectivity index (χ3n) is 3.43. The van der Waals surface area contributed by atoms with Crippen LogP contribution < -0.4 is 5.32 Å². The highest BCUT2D eigenvalue weighted by Gasteiger charge is 2.26. The molecule has 0 aliphatic carbocycles. The number of carboxylic acid groups (broad SMARTS) is 1. The van der Waals surface area contributed by atoms with E-state index in [-0.39, 0.29) is 5.91 Å². The molecule has 0 bridgehead atoms. The van der Waals surface area contributed by atoms with Crippen LogP contribution in [0.4, 0.5) is 0 Å². The SMILES string of the molecule is CCCc1noc(CCCC(=O)NCCC(C)(C)C(=O)O)n1. The lowest BCUT2D eigenvalue weighted by atomic mass is 9.90. The molecule has 0 aliphatic rings. The topological polar surface area (TPSA) is 105 Å². The molecule has 124 valence electrons. The quantitative estimate of drug-likeness (QED) is 0.684. The molecule has 0 atom stereocenters. The molecule has 7 heteroatoms. The first-order chi connectivity index (χ1) is 10.3. The van der Waals surface area contributed by atoms with Crippen LogP contribution in [0.2, 0.25) is 0 Å². The molecule has 2 N–H and O–H groups in total. The number of nitrogens with one attached hydrogen (secondary N) is 1. The molecule has 0 aliphatic heterocycles. The molecular formula is C15H25N3O4. The van der Waals surface area contributed by atoms with Crippen molar-refractivity contribution in [2.75, 3.05) is 6.54 Å². The van der Waals surface area contributed by atoms with Crippen LogP contribution in [-0.4, -0.2) is 33.7 Å². The number of carbonyl (C=O) groups is 2. The molecular weight excluding hydrogens is 286 g/mol. The summed E-state index contributed by atoms with van der Waals surface area (Å²) in [4.78, 5) is 26.8. The molecule has 0 spiro atoms. The first-order valence-corrected chi connectivity index (χ1v) is 7.66. The standard InChI is InChI=1S/C15H25N3O4/c1-4-6-11-17-13(22-18-11)8-5-7-12(19)16-10-9-15(2,3)14(20)21/h4-10H2,1-3H3,(H,16,19)(H,20,21). The average molecular weight is 311 g/mol. The fourth-order valence-corrected chi connectivity index (χ4v) is 1.83. The number of aromatic nitrogens is 2. The number of aryl methyl sites for hydroxylation is 2. The molecule has 1 rings (SSSR count). The number of rotatable bonds is 10. The lowest BCUT2D eigenvalue weighted by Gasteiger charge is -2.18. The van der Waals surface area contributed by atoms with Crippen molar-refractivity contribution in [1.82, 2.24) is 15.5 Å². The van der Waals surface area contributed by atoms with Gasteiger partial charge < -0.3 is 14.9 Å². The molecule has 0 saturated carbocycles. The van der Waals surface area contributed by atoms with Gasteiger partial charge in [0.15, 0.2) is 5.82 Å². The minimum atomic E-state index is -0.860. The van der Waals surface area contributed by atoms with Gasteiger partial charge in [-0.05, 0) is 33.1 Å². The molecule has 1 amide bonds. The lowest BCUT2D eigenvalue weighted by Crippen LogP contribution is -2.31. The van der Waals surface area contributed by atoms with Gasteiger partial charge in [-0.1, -0.05) is 12.1 Å². The normalized spacial score (nSPS) is 11.4. The van der Waals surface area contributed by atoms with Gasteiger partial charge in [0.05, 0.1) is 5.41 Å². The van der Waals surface area contributed by atoms with Gasteiger partial charge in [-0.3, -0.25) is 9.59 Å². The molecule has 22 heavy (non-hydrogen) atoms. The fourth-order valence-electron chi connectivity index (χ4n) is 1.83. The van der Waals surface area contributed by atoms with Crippen molar-refractivity contribution >= 4 is 11.9 Å². The second kappa shape index (κ2) is 8.51. The van der Waals surface area contributed by atoms with E-state index in [1.165, 1.54) is 0 Å². The molecule has 1 aromatic heterocycles. The Morgan fingerprint density at radius 3 is 2.68 bits per heavy atom. The number of carboxylic acids is 1. The molecule has 7 nitrogen and oxygen atoms in total. The van der Waals surface area contributed by atoms with Crippen molar-refractivity contribution in [3.63, 3.8) is 0 Å².